The third kappa shape index (κ3) is 5.13. The predicted molar refractivity (Wildman–Crippen MR) is 124 cm³/mol. The second kappa shape index (κ2) is 9.46. The summed E-state index contributed by atoms with van der Waals surface area (Å²) in [6, 6.07) is 8.91. The Morgan fingerprint density at radius 1 is 1.12 bits per heavy atom. The average Bonchev–Trinajstić information content (AvgIpc) is 2.82. The number of carbonyl (C=O) groups excluding carboxylic acids is 1. The number of likely N-dealkylation sites (tertiary alicyclic amines) is 1. The van der Waals surface area contributed by atoms with Crippen LogP contribution in [0.1, 0.15) is 34.3 Å². The fourth-order valence-corrected chi connectivity index (χ4v) is 4.34. The van der Waals surface area contributed by atoms with Gasteiger partial charge in [0.05, 0.1) is 5.56 Å². The number of nitrogens with zero attached hydrogens (tertiary/aromatic N) is 3. The van der Waals surface area contributed by atoms with Crippen LogP contribution in [0.3, 0.4) is 0 Å². The van der Waals surface area contributed by atoms with Gasteiger partial charge >= 0.3 is 6.16 Å². The van der Waals surface area contributed by atoms with Crippen LogP contribution in [0.25, 0.3) is 0 Å². The first-order valence-electron chi connectivity index (χ1n) is 11.0. The van der Waals surface area contributed by atoms with Gasteiger partial charge in [-0.05, 0) is 41.8 Å². The Hall–Kier alpha value is -4.02. The van der Waals surface area contributed by atoms with Gasteiger partial charge in [0.1, 0.15) is 18.2 Å². The highest BCUT2D eigenvalue weighted by Gasteiger charge is 2.41. The van der Waals surface area contributed by atoms with Crippen molar-refractivity contribution >= 4 is 23.8 Å². The van der Waals surface area contributed by atoms with Crippen molar-refractivity contribution < 1.29 is 24.2 Å². The lowest BCUT2D eigenvalue weighted by Crippen LogP contribution is -2.51. The number of nitrogens with two attached hydrogens (primary N) is 2. The zero-order valence-electron chi connectivity index (χ0n) is 18.7. The normalized spacial score (nSPS) is 16.9. The van der Waals surface area contributed by atoms with E-state index in [-0.39, 0.29) is 18.5 Å². The van der Waals surface area contributed by atoms with Gasteiger partial charge in [-0.25, -0.2) is 9.78 Å². The van der Waals surface area contributed by atoms with Crippen LogP contribution < -0.4 is 16.2 Å². The number of piperidine rings is 1. The molecule has 0 atom stereocenters. The first kappa shape index (κ1) is 23.1. The molecule has 3 heterocycles. The van der Waals surface area contributed by atoms with Crippen molar-refractivity contribution in [3.63, 3.8) is 0 Å². The number of fused-ring (bicyclic) bond motifs is 1. The number of nitrogens with one attached hydrogen (secondary N) is 1. The zero-order chi connectivity index (χ0) is 24.3. The second-order valence-electron chi connectivity index (χ2n) is 8.59. The summed E-state index contributed by atoms with van der Waals surface area (Å²) in [5.41, 5.74) is 12.8. The summed E-state index contributed by atoms with van der Waals surface area (Å²) < 4.78 is 11.3. The van der Waals surface area contributed by atoms with Gasteiger partial charge in [0.25, 0.3) is 5.91 Å². The molecule has 0 aliphatic carbocycles. The Labute approximate surface area is 196 Å². The van der Waals surface area contributed by atoms with E-state index in [1.165, 1.54) is 11.8 Å². The topological polar surface area (TPSA) is 168 Å². The number of hydrogen-bond donors (Lipinski definition) is 4. The molecule has 0 unspecified atom stereocenters. The van der Waals surface area contributed by atoms with E-state index in [1.54, 1.807) is 21.9 Å². The summed E-state index contributed by atoms with van der Waals surface area (Å²) >= 11 is 0. The molecule has 1 amide bonds. The fraction of sp³-hybridized carbons (Fsp3) is 0.391. The maximum absolute atomic E-state index is 12.8. The van der Waals surface area contributed by atoms with Crippen LogP contribution in [-0.2, 0) is 17.7 Å². The van der Waals surface area contributed by atoms with Gasteiger partial charge in [0.15, 0.2) is 11.6 Å². The van der Waals surface area contributed by atoms with Crippen molar-refractivity contribution in [3.05, 3.63) is 53.2 Å². The molecule has 11 nitrogen and oxygen atoms in total. The molecule has 0 bridgehead atoms. The van der Waals surface area contributed by atoms with E-state index in [1.807, 2.05) is 18.2 Å². The Kier molecular flexibility index (Phi) is 6.44. The third-order valence-electron chi connectivity index (χ3n) is 6.33. The average molecular weight is 469 g/mol. The van der Waals surface area contributed by atoms with Crippen molar-refractivity contribution in [1.29, 1.82) is 5.41 Å². The number of pyridine rings is 1. The smallest absolute Gasteiger partial charge is 0.489 e. The Balaban J connectivity index is 1.41. The van der Waals surface area contributed by atoms with Crippen molar-refractivity contribution in [2.75, 3.05) is 32.0 Å². The summed E-state index contributed by atoms with van der Waals surface area (Å²) in [6.45, 7) is 1.88. The monoisotopic (exact) mass is 468 g/mol. The largest absolute Gasteiger partial charge is 0.506 e. The third-order valence-corrected chi connectivity index (χ3v) is 6.33. The zero-order valence-corrected chi connectivity index (χ0v) is 18.7. The van der Waals surface area contributed by atoms with Gasteiger partial charge in [0.2, 0.25) is 0 Å². The Morgan fingerprint density at radius 2 is 1.88 bits per heavy atom. The molecule has 1 aromatic carbocycles. The molecule has 2 aliphatic rings. The molecule has 11 heteroatoms. The Bertz CT molecular complexity index is 1080. The molecule has 1 aromatic heterocycles. The summed E-state index contributed by atoms with van der Waals surface area (Å²) in [5.74, 6) is 0.755. The molecule has 2 aliphatic heterocycles. The van der Waals surface area contributed by atoms with E-state index >= 15 is 0 Å². The first-order chi connectivity index (χ1) is 16.2. The van der Waals surface area contributed by atoms with Crippen LogP contribution in [-0.4, -0.2) is 69.8 Å². The molecule has 0 saturated carbocycles. The summed E-state index contributed by atoms with van der Waals surface area (Å²) in [4.78, 5) is 31.6. The summed E-state index contributed by atoms with van der Waals surface area (Å²) in [5, 5.41) is 17.0. The van der Waals surface area contributed by atoms with Crippen LogP contribution in [0, 0.1) is 5.41 Å². The number of nitrogen functional groups attached to an aromatic ring is 1. The van der Waals surface area contributed by atoms with E-state index in [2.05, 4.69) is 4.98 Å². The van der Waals surface area contributed by atoms with E-state index < -0.39 is 11.8 Å². The number of carboxylic acid groups (broad SMARTS) is 1. The van der Waals surface area contributed by atoms with Crippen molar-refractivity contribution in [2.24, 2.45) is 5.73 Å². The number of guanidine groups is 1. The lowest BCUT2D eigenvalue weighted by Gasteiger charge is -2.40. The quantitative estimate of drug-likeness (QED) is 0.290. The number of benzene rings is 1. The van der Waals surface area contributed by atoms with Crippen molar-refractivity contribution in [1.82, 2.24) is 14.8 Å². The maximum Gasteiger partial charge on any atom is 0.506 e. The minimum absolute atomic E-state index is 0.0277. The maximum atomic E-state index is 12.8. The number of ether oxygens (including phenoxy) is 2. The second-order valence-corrected chi connectivity index (χ2v) is 8.59. The highest BCUT2D eigenvalue weighted by molar-refractivity contribution is 5.94. The van der Waals surface area contributed by atoms with E-state index in [9.17, 15) is 14.7 Å². The van der Waals surface area contributed by atoms with Gasteiger partial charge in [-0.1, -0.05) is 6.07 Å². The predicted octanol–water partition coefficient (Wildman–Crippen LogP) is 1.66. The van der Waals surface area contributed by atoms with E-state index in [0.717, 1.165) is 12.0 Å². The van der Waals surface area contributed by atoms with Crippen LogP contribution in [0.4, 0.5) is 10.6 Å². The number of aromatic nitrogens is 1. The number of anilines is 1. The molecular formula is C23H28N6O5. The molecule has 0 radical (unpaired) electrons. The van der Waals surface area contributed by atoms with Gasteiger partial charge < -0.3 is 35.8 Å². The number of amides is 1. The Morgan fingerprint density at radius 3 is 2.53 bits per heavy atom. The molecule has 6 N–H and O–H groups in total. The summed E-state index contributed by atoms with van der Waals surface area (Å²) in [6.07, 6.45) is 1.44. The van der Waals surface area contributed by atoms with Gasteiger partial charge in [-0.2, -0.15) is 0 Å². The first-order valence-corrected chi connectivity index (χ1v) is 11.0. The van der Waals surface area contributed by atoms with E-state index in [4.69, 9.17) is 26.4 Å². The number of rotatable bonds is 5. The van der Waals surface area contributed by atoms with Gasteiger partial charge in [-0.15, -0.1) is 0 Å². The number of hydrogen-bond acceptors (Lipinski definition) is 7. The lowest BCUT2D eigenvalue weighted by molar-refractivity contribution is -0.0749. The van der Waals surface area contributed by atoms with Crippen LogP contribution >= 0.6 is 0 Å². The van der Waals surface area contributed by atoms with Crippen molar-refractivity contribution in [3.8, 4) is 5.75 Å². The van der Waals surface area contributed by atoms with Crippen LogP contribution in [0.15, 0.2) is 36.5 Å². The lowest BCUT2D eigenvalue weighted by atomic mass is 9.91. The highest BCUT2D eigenvalue weighted by Crippen LogP contribution is 2.30. The minimum Gasteiger partial charge on any atom is -0.489 e. The molecule has 1 saturated heterocycles. The van der Waals surface area contributed by atoms with E-state index in [0.29, 0.717) is 56.2 Å². The highest BCUT2D eigenvalue weighted by atomic mass is 16.7. The van der Waals surface area contributed by atoms with Crippen LogP contribution in [0.2, 0.25) is 0 Å². The van der Waals surface area contributed by atoms with Crippen molar-refractivity contribution in [2.45, 2.75) is 31.4 Å². The molecule has 180 valence electrons. The minimum atomic E-state index is -1.38. The number of carbonyl (C=O) groups is 2. The summed E-state index contributed by atoms with van der Waals surface area (Å²) in [7, 11) is 0. The molecule has 4 rings (SSSR count). The van der Waals surface area contributed by atoms with Crippen LogP contribution in [0.5, 0.6) is 5.75 Å². The van der Waals surface area contributed by atoms with Gasteiger partial charge in [0, 0.05) is 45.2 Å². The van der Waals surface area contributed by atoms with Gasteiger partial charge in [-0.3, -0.25) is 10.2 Å². The molecule has 0 spiro atoms. The standard InChI is InChI=1S/C23H28N6O5/c24-19-4-2-16(12-27-19)20(30)28-9-6-23(7-10-28,34-22(31)32)14-33-18-3-1-15-5-8-29(21(25)26)13-17(15)11-18/h1-4,11-12H,5-10,13-14H2,(H2,24,27)(H3,25,26)(H,31,32). The SMILES string of the molecule is N=C(N)N1CCc2ccc(OCC3(OC(=O)O)CCN(C(=O)c4ccc(N)nc4)CC3)cc2C1. The molecule has 1 fully saturated rings. The molecule has 34 heavy (non-hydrogen) atoms. The molecular weight excluding hydrogens is 440 g/mol. The fourth-order valence-electron chi connectivity index (χ4n) is 4.34. The molecule has 2 aromatic rings.